The minimum absolute atomic E-state index is 0.00673. The molecule has 2 aromatic rings. The smallest absolute Gasteiger partial charge is 0.247 e. The Hall–Kier alpha value is -2.84. The van der Waals surface area contributed by atoms with Gasteiger partial charge in [-0.1, -0.05) is 18.2 Å². The number of primary sulfonamides is 1. The molecular formula is C21H22N2O5S. The molecule has 0 saturated carbocycles. The van der Waals surface area contributed by atoms with Crippen molar-refractivity contribution in [1.82, 2.24) is 4.90 Å². The monoisotopic (exact) mass is 414 g/mol. The number of ether oxygens (including phenoxy) is 2. The fraction of sp³-hybridized carbons (Fsp3) is 0.286. The van der Waals surface area contributed by atoms with Crippen LogP contribution in [-0.2, 0) is 14.8 Å². The minimum Gasteiger partial charge on any atom is -0.486 e. The Kier molecular flexibility index (Phi) is 5.29. The maximum absolute atomic E-state index is 12.8. The van der Waals surface area contributed by atoms with Crippen molar-refractivity contribution in [1.29, 1.82) is 0 Å². The molecule has 0 bridgehead atoms. The van der Waals surface area contributed by atoms with Crippen molar-refractivity contribution in [2.24, 2.45) is 5.14 Å². The molecule has 1 fully saturated rings. The predicted molar refractivity (Wildman–Crippen MR) is 108 cm³/mol. The van der Waals surface area contributed by atoms with Gasteiger partial charge in [0.05, 0.1) is 10.9 Å². The molecule has 2 aliphatic heterocycles. The summed E-state index contributed by atoms with van der Waals surface area (Å²) in [5, 5.41) is 5.10. The lowest BCUT2D eigenvalue weighted by Crippen LogP contribution is -2.29. The molecule has 1 atom stereocenters. The van der Waals surface area contributed by atoms with Gasteiger partial charge >= 0.3 is 0 Å². The van der Waals surface area contributed by atoms with Crippen molar-refractivity contribution >= 4 is 22.0 Å². The lowest BCUT2D eigenvalue weighted by atomic mass is 10.0. The lowest BCUT2D eigenvalue weighted by molar-refractivity contribution is -0.126. The molecule has 0 unspecified atom stereocenters. The van der Waals surface area contributed by atoms with Crippen LogP contribution in [0.15, 0.2) is 53.4 Å². The molecule has 0 radical (unpaired) electrons. The second-order valence-corrected chi connectivity index (χ2v) is 8.60. The summed E-state index contributed by atoms with van der Waals surface area (Å²) in [6.45, 7) is 1.76. The van der Waals surface area contributed by atoms with Crippen LogP contribution in [0.25, 0.3) is 6.08 Å². The molecule has 29 heavy (non-hydrogen) atoms. The molecule has 0 aliphatic carbocycles. The molecule has 0 spiro atoms. The highest BCUT2D eigenvalue weighted by molar-refractivity contribution is 7.89. The Bertz CT molecular complexity index is 1050. The van der Waals surface area contributed by atoms with Crippen molar-refractivity contribution in [3.8, 4) is 11.5 Å². The van der Waals surface area contributed by atoms with Gasteiger partial charge in [0.15, 0.2) is 11.5 Å². The molecule has 8 heteroatoms. The van der Waals surface area contributed by atoms with Gasteiger partial charge in [-0.05, 0) is 54.3 Å². The Morgan fingerprint density at radius 1 is 1.07 bits per heavy atom. The highest BCUT2D eigenvalue weighted by Crippen LogP contribution is 2.38. The van der Waals surface area contributed by atoms with Gasteiger partial charge in [-0.25, -0.2) is 13.6 Å². The largest absolute Gasteiger partial charge is 0.486 e. The summed E-state index contributed by atoms with van der Waals surface area (Å²) in [5.74, 6) is 1.37. The molecule has 7 nitrogen and oxygen atoms in total. The quantitative estimate of drug-likeness (QED) is 0.775. The third-order valence-electron chi connectivity index (χ3n) is 5.11. The number of nitrogens with zero attached hydrogens (tertiary/aromatic N) is 1. The Morgan fingerprint density at radius 2 is 1.79 bits per heavy atom. The molecule has 1 amide bonds. The molecule has 152 valence electrons. The summed E-state index contributed by atoms with van der Waals surface area (Å²) >= 11 is 0. The number of carbonyl (C=O) groups is 1. The topological polar surface area (TPSA) is 98.9 Å². The normalized spacial score (nSPS) is 18.9. The molecule has 2 aromatic carbocycles. The number of hydrogen-bond donors (Lipinski definition) is 1. The fourth-order valence-corrected chi connectivity index (χ4v) is 4.19. The van der Waals surface area contributed by atoms with Crippen LogP contribution in [0, 0.1) is 0 Å². The summed E-state index contributed by atoms with van der Waals surface area (Å²) in [4.78, 5) is 14.7. The molecule has 2 N–H and O–H groups in total. The van der Waals surface area contributed by atoms with E-state index in [2.05, 4.69) is 0 Å². The third-order valence-corrected chi connectivity index (χ3v) is 6.04. The summed E-state index contributed by atoms with van der Waals surface area (Å²) in [7, 11) is -3.73. The van der Waals surface area contributed by atoms with E-state index in [1.165, 1.54) is 18.2 Å². The van der Waals surface area contributed by atoms with E-state index in [0.717, 1.165) is 35.5 Å². The van der Waals surface area contributed by atoms with Gasteiger partial charge in [0.2, 0.25) is 15.9 Å². The van der Waals surface area contributed by atoms with Crippen molar-refractivity contribution in [3.63, 3.8) is 0 Å². The van der Waals surface area contributed by atoms with Crippen molar-refractivity contribution in [3.05, 3.63) is 59.7 Å². The maximum atomic E-state index is 12.8. The first kappa shape index (κ1) is 19.5. The van der Waals surface area contributed by atoms with Crippen LogP contribution >= 0.6 is 0 Å². The molecule has 4 rings (SSSR count). The predicted octanol–water partition coefficient (Wildman–Crippen LogP) is 2.48. The SMILES string of the molecule is NS(=O)(=O)c1ccc(/C=C/C(=O)N2CCC[C@H]2c2ccc3c(c2)OCCO3)cc1. The zero-order valence-corrected chi connectivity index (χ0v) is 16.6. The van der Waals surface area contributed by atoms with E-state index in [9.17, 15) is 13.2 Å². The van der Waals surface area contributed by atoms with Crippen LogP contribution in [0.5, 0.6) is 11.5 Å². The van der Waals surface area contributed by atoms with Crippen molar-refractivity contribution in [2.45, 2.75) is 23.8 Å². The fourth-order valence-electron chi connectivity index (χ4n) is 3.68. The van der Waals surface area contributed by atoms with Crippen LogP contribution in [-0.4, -0.2) is 39.0 Å². The molecule has 1 saturated heterocycles. The van der Waals surface area contributed by atoms with Crippen LogP contribution in [0.4, 0.5) is 0 Å². The summed E-state index contributed by atoms with van der Waals surface area (Å²) in [6.07, 6.45) is 5.01. The highest BCUT2D eigenvalue weighted by atomic mass is 32.2. The van der Waals surface area contributed by atoms with E-state index in [1.807, 2.05) is 23.1 Å². The minimum atomic E-state index is -3.73. The average molecular weight is 414 g/mol. The lowest BCUT2D eigenvalue weighted by Gasteiger charge is -2.26. The number of fused-ring (bicyclic) bond motifs is 1. The average Bonchev–Trinajstić information content (AvgIpc) is 3.21. The zero-order chi connectivity index (χ0) is 20.4. The Balaban J connectivity index is 1.48. The number of rotatable bonds is 4. The molecule has 2 aliphatic rings. The summed E-state index contributed by atoms with van der Waals surface area (Å²) in [6, 6.07) is 11.9. The highest BCUT2D eigenvalue weighted by Gasteiger charge is 2.29. The van der Waals surface area contributed by atoms with E-state index in [1.54, 1.807) is 18.2 Å². The zero-order valence-electron chi connectivity index (χ0n) is 15.8. The number of nitrogens with two attached hydrogens (primary N) is 1. The van der Waals surface area contributed by atoms with Crippen LogP contribution in [0.3, 0.4) is 0 Å². The van der Waals surface area contributed by atoms with Crippen LogP contribution in [0.2, 0.25) is 0 Å². The van der Waals surface area contributed by atoms with E-state index in [4.69, 9.17) is 14.6 Å². The van der Waals surface area contributed by atoms with Crippen LogP contribution in [0.1, 0.15) is 30.0 Å². The molecule has 0 aromatic heterocycles. The van der Waals surface area contributed by atoms with E-state index < -0.39 is 10.0 Å². The van der Waals surface area contributed by atoms with E-state index in [-0.39, 0.29) is 16.8 Å². The van der Waals surface area contributed by atoms with Crippen molar-refractivity contribution < 1.29 is 22.7 Å². The van der Waals surface area contributed by atoms with Gasteiger partial charge in [0.25, 0.3) is 0 Å². The number of benzene rings is 2. The first-order chi connectivity index (χ1) is 13.9. The van der Waals surface area contributed by atoms with Crippen LogP contribution < -0.4 is 14.6 Å². The van der Waals surface area contributed by atoms with Crippen molar-refractivity contribution in [2.75, 3.05) is 19.8 Å². The Labute approximate surface area is 169 Å². The first-order valence-electron chi connectivity index (χ1n) is 9.43. The van der Waals surface area contributed by atoms with Gasteiger partial charge < -0.3 is 14.4 Å². The van der Waals surface area contributed by atoms with Gasteiger partial charge in [-0.15, -0.1) is 0 Å². The number of likely N-dealkylation sites (tertiary alicyclic amines) is 1. The summed E-state index contributed by atoms with van der Waals surface area (Å²) < 4.78 is 33.9. The van der Waals surface area contributed by atoms with E-state index >= 15 is 0 Å². The van der Waals surface area contributed by atoms with E-state index in [0.29, 0.717) is 19.8 Å². The standard InChI is InChI=1S/C21H22N2O5S/c22-29(25,26)17-7-3-15(4-8-17)5-10-21(24)23-11-1-2-18(23)16-6-9-19-20(14-16)28-13-12-27-19/h3-10,14,18H,1-2,11-13H2,(H2,22,25,26)/b10-5+/t18-/m0/s1. The second-order valence-electron chi connectivity index (χ2n) is 7.04. The number of amides is 1. The summed E-state index contributed by atoms with van der Waals surface area (Å²) in [5.41, 5.74) is 1.76. The third kappa shape index (κ3) is 4.28. The number of carbonyl (C=O) groups excluding carboxylic acids is 1. The van der Waals surface area contributed by atoms with Gasteiger partial charge in [0.1, 0.15) is 13.2 Å². The molecule has 2 heterocycles. The van der Waals surface area contributed by atoms with Gasteiger partial charge in [0, 0.05) is 12.6 Å². The van der Waals surface area contributed by atoms with Gasteiger partial charge in [-0.3, -0.25) is 4.79 Å². The number of hydrogen-bond acceptors (Lipinski definition) is 5. The second kappa shape index (κ2) is 7.88. The van der Waals surface area contributed by atoms with Gasteiger partial charge in [-0.2, -0.15) is 0 Å². The first-order valence-corrected chi connectivity index (χ1v) is 11.0. The molecular weight excluding hydrogens is 392 g/mol. The Morgan fingerprint density at radius 3 is 2.52 bits per heavy atom. The number of sulfonamides is 1. The maximum Gasteiger partial charge on any atom is 0.247 e.